The van der Waals surface area contributed by atoms with Crippen molar-refractivity contribution in [2.75, 3.05) is 13.2 Å². The molecule has 3 heteroatoms. The number of benzene rings is 1. The molecule has 0 saturated heterocycles. The van der Waals surface area contributed by atoms with Crippen molar-refractivity contribution in [2.45, 2.75) is 19.6 Å². The van der Waals surface area contributed by atoms with Crippen LogP contribution in [0.5, 0.6) is 0 Å². The first-order chi connectivity index (χ1) is 8.15. The van der Waals surface area contributed by atoms with E-state index in [0.717, 1.165) is 5.56 Å². The zero-order valence-electron chi connectivity index (χ0n) is 10.2. The molecule has 0 aliphatic heterocycles. The normalized spacial score (nSPS) is 14.3. The first kappa shape index (κ1) is 13.9. The van der Waals surface area contributed by atoms with Gasteiger partial charge in [-0.1, -0.05) is 43.8 Å². The topological polar surface area (TPSA) is 49.7 Å². The van der Waals surface area contributed by atoms with E-state index in [1.165, 1.54) is 0 Å². The van der Waals surface area contributed by atoms with E-state index in [1.807, 2.05) is 37.3 Å². The van der Waals surface area contributed by atoms with Gasteiger partial charge in [-0.25, -0.2) is 0 Å². The van der Waals surface area contributed by atoms with Crippen LogP contribution in [0.25, 0.3) is 0 Å². The van der Waals surface area contributed by atoms with Gasteiger partial charge in [0.25, 0.3) is 0 Å². The lowest BCUT2D eigenvalue weighted by Crippen LogP contribution is -2.25. The predicted molar refractivity (Wildman–Crippen MR) is 67.5 cm³/mol. The molecule has 2 N–H and O–H groups in total. The van der Waals surface area contributed by atoms with Gasteiger partial charge >= 0.3 is 0 Å². The maximum absolute atomic E-state index is 9.74. The SMILES string of the molecule is C=C(CO)C(O)C(C)COCc1ccccc1. The van der Waals surface area contributed by atoms with E-state index in [1.54, 1.807) is 0 Å². The molecule has 2 atom stereocenters. The molecule has 17 heavy (non-hydrogen) atoms. The standard InChI is InChI=1S/C14H20O3/c1-11(8-15)14(16)12(2)9-17-10-13-6-4-3-5-7-13/h3-7,12,14-16H,1,8-10H2,2H3. The van der Waals surface area contributed by atoms with E-state index in [4.69, 9.17) is 9.84 Å². The summed E-state index contributed by atoms with van der Waals surface area (Å²) in [5.41, 5.74) is 1.54. The fourth-order valence-corrected chi connectivity index (χ4v) is 1.52. The van der Waals surface area contributed by atoms with Crippen molar-refractivity contribution in [1.29, 1.82) is 0 Å². The lowest BCUT2D eigenvalue weighted by Gasteiger charge is -2.19. The molecule has 0 heterocycles. The Morgan fingerprint density at radius 3 is 2.59 bits per heavy atom. The van der Waals surface area contributed by atoms with Crippen molar-refractivity contribution in [3.63, 3.8) is 0 Å². The molecule has 0 aromatic heterocycles. The van der Waals surface area contributed by atoms with Crippen molar-refractivity contribution < 1.29 is 14.9 Å². The molecule has 0 aliphatic rings. The van der Waals surface area contributed by atoms with Gasteiger partial charge < -0.3 is 14.9 Å². The highest BCUT2D eigenvalue weighted by Crippen LogP contribution is 2.12. The molecule has 0 aliphatic carbocycles. The highest BCUT2D eigenvalue weighted by molar-refractivity contribution is 5.13. The van der Waals surface area contributed by atoms with Crippen molar-refractivity contribution in [3.05, 3.63) is 48.0 Å². The van der Waals surface area contributed by atoms with Crippen LogP contribution in [0, 0.1) is 5.92 Å². The lowest BCUT2D eigenvalue weighted by atomic mass is 10.00. The van der Waals surface area contributed by atoms with E-state index in [0.29, 0.717) is 18.8 Å². The second-order valence-electron chi connectivity index (χ2n) is 4.24. The molecule has 1 aromatic rings. The molecule has 1 aromatic carbocycles. The summed E-state index contributed by atoms with van der Waals surface area (Å²) in [5.74, 6) is -0.0710. The van der Waals surface area contributed by atoms with Gasteiger partial charge in [0, 0.05) is 5.92 Å². The summed E-state index contributed by atoms with van der Waals surface area (Å²) in [7, 11) is 0. The van der Waals surface area contributed by atoms with Crippen molar-refractivity contribution in [2.24, 2.45) is 5.92 Å². The Morgan fingerprint density at radius 2 is 2.00 bits per heavy atom. The molecule has 0 saturated carbocycles. The van der Waals surface area contributed by atoms with Gasteiger partial charge in [0.1, 0.15) is 0 Å². The quantitative estimate of drug-likeness (QED) is 0.709. The van der Waals surface area contributed by atoms with Gasteiger partial charge in [0.15, 0.2) is 0 Å². The van der Waals surface area contributed by atoms with Crippen LogP contribution in [0.3, 0.4) is 0 Å². The number of aliphatic hydroxyl groups is 2. The van der Waals surface area contributed by atoms with E-state index in [9.17, 15) is 5.11 Å². The second kappa shape index (κ2) is 7.22. The third kappa shape index (κ3) is 4.69. The van der Waals surface area contributed by atoms with Gasteiger partial charge in [-0.3, -0.25) is 0 Å². The maximum Gasteiger partial charge on any atom is 0.0817 e. The fraction of sp³-hybridized carbons (Fsp3) is 0.429. The smallest absolute Gasteiger partial charge is 0.0817 e. The van der Waals surface area contributed by atoms with E-state index < -0.39 is 6.10 Å². The molecule has 0 bridgehead atoms. The molecular weight excluding hydrogens is 216 g/mol. The lowest BCUT2D eigenvalue weighted by molar-refractivity contribution is 0.0396. The third-order valence-corrected chi connectivity index (χ3v) is 2.65. The summed E-state index contributed by atoms with van der Waals surface area (Å²) in [4.78, 5) is 0. The Balaban J connectivity index is 2.29. The Labute approximate surface area is 102 Å². The predicted octanol–water partition coefficient (Wildman–Crippen LogP) is 1.75. The highest BCUT2D eigenvalue weighted by Gasteiger charge is 2.16. The Kier molecular flexibility index (Phi) is 5.91. The fourth-order valence-electron chi connectivity index (χ4n) is 1.52. The minimum absolute atomic E-state index is 0.0710. The van der Waals surface area contributed by atoms with Crippen molar-refractivity contribution in [1.82, 2.24) is 0 Å². The summed E-state index contributed by atoms with van der Waals surface area (Å²) in [6, 6.07) is 9.87. The molecule has 2 unspecified atom stereocenters. The Bertz CT molecular complexity index is 335. The Morgan fingerprint density at radius 1 is 1.35 bits per heavy atom. The summed E-state index contributed by atoms with van der Waals surface area (Å²) in [5, 5.41) is 18.6. The first-order valence-electron chi connectivity index (χ1n) is 5.73. The number of rotatable bonds is 7. The monoisotopic (exact) mass is 236 g/mol. The summed E-state index contributed by atoms with van der Waals surface area (Å²) < 4.78 is 5.51. The average molecular weight is 236 g/mol. The van der Waals surface area contributed by atoms with Crippen LogP contribution in [0.4, 0.5) is 0 Å². The summed E-state index contributed by atoms with van der Waals surface area (Å²) >= 11 is 0. The van der Waals surface area contributed by atoms with Crippen LogP contribution in [-0.2, 0) is 11.3 Å². The third-order valence-electron chi connectivity index (χ3n) is 2.65. The number of ether oxygens (including phenoxy) is 1. The number of aliphatic hydroxyl groups excluding tert-OH is 2. The van der Waals surface area contributed by atoms with Gasteiger partial charge in [0.05, 0.1) is 25.9 Å². The molecule has 1 rings (SSSR count). The largest absolute Gasteiger partial charge is 0.392 e. The van der Waals surface area contributed by atoms with Gasteiger partial charge in [0.2, 0.25) is 0 Å². The molecule has 3 nitrogen and oxygen atoms in total. The number of hydrogen-bond acceptors (Lipinski definition) is 3. The van der Waals surface area contributed by atoms with Crippen LogP contribution < -0.4 is 0 Å². The van der Waals surface area contributed by atoms with Crippen LogP contribution in [0.2, 0.25) is 0 Å². The molecule has 0 fully saturated rings. The van der Waals surface area contributed by atoms with E-state index >= 15 is 0 Å². The molecule has 94 valence electrons. The van der Waals surface area contributed by atoms with Gasteiger partial charge in [-0.05, 0) is 11.1 Å². The van der Waals surface area contributed by atoms with Crippen molar-refractivity contribution >= 4 is 0 Å². The molecule has 0 radical (unpaired) electrons. The van der Waals surface area contributed by atoms with Gasteiger partial charge in [-0.2, -0.15) is 0 Å². The highest BCUT2D eigenvalue weighted by atomic mass is 16.5. The van der Waals surface area contributed by atoms with Crippen LogP contribution >= 0.6 is 0 Å². The zero-order chi connectivity index (χ0) is 12.7. The van der Waals surface area contributed by atoms with Gasteiger partial charge in [-0.15, -0.1) is 0 Å². The minimum Gasteiger partial charge on any atom is -0.392 e. The summed E-state index contributed by atoms with van der Waals surface area (Å²) in [6.07, 6.45) is -0.712. The minimum atomic E-state index is -0.712. The average Bonchev–Trinajstić information content (AvgIpc) is 2.38. The maximum atomic E-state index is 9.74. The second-order valence-corrected chi connectivity index (χ2v) is 4.24. The van der Waals surface area contributed by atoms with E-state index in [-0.39, 0.29) is 12.5 Å². The molecular formula is C14H20O3. The number of hydrogen-bond donors (Lipinski definition) is 2. The van der Waals surface area contributed by atoms with E-state index in [2.05, 4.69) is 6.58 Å². The zero-order valence-corrected chi connectivity index (χ0v) is 10.2. The molecule has 0 spiro atoms. The van der Waals surface area contributed by atoms with Crippen LogP contribution in [0.15, 0.2) is 42.5 Å². The Hall–Kier alpha value is -1.16. The first-order valence-corrected chi connectivity index (χ1v) is 5.73. The molecule has 0 amide bonds. The summed E-state index contributed by atoms with van der Waals surface area (Å²) in [6.45, 7) is 6.26. The van der Waals surface area contributed by atoms with Crippen LogP contribution in [0.1, 0.15) is 12.5 Å². The van der Waals surface area contributed by atoms with Crippen LogP contribution in [-0.4, -0.2) is 29.5 Å². The van der Waals surface area contributed by atoms with Crippen molar-refractivity contribution in [3.8, 4) is 0 Å².